The van der Waals surface area contributed by atoms with Crippen molar-refractivity contribution in [3.8, 4) is 0 Å². The molecule has 28 heavy (non-hydrogen) atoms. The van der Waals surface area contributed by atoms with Crippen molar-refractivity contribution in [1.82, 2.24) is 24.0 Å². The van der Waals surface area contributed by atoms with Gasteiger partial charge in [0.1, 0.15) is 5.82 Å². The van der Waals surface area contributed by atoms with E-state index in [1.54, 1.807) is 0 Å². The van der Waals surface area contributed by atoms with Crippen LogP contribution in [-0.2, 0) is 20.0 Å². The molecule has 8 heteroatoms. The number of rotatable bonds is 6. The molecule has 1 saturated heterocycles. The SMILES string of the molecule is Cn1ccnc1CCN1CCN(c2ccc3c(=O)n(CCO)cnc3c2)CC1. The van der Waals surface area contributed by atoms with Crippen LogP contribution < -0.4 is 10.5 Å². The predicted molar refractivity (Wildman–Crippen MR) is 109 cm³/mol. The number of aliphatic hydroxyl groups is 1. The molecule has 0 aliphatic carbocycles. The number of nitrogens with zero attached hydrogens (tertiary/aromatic N) is 6. The van der Waals surface area contributed by atoms with Crippen molar-refractivity contribution in [2.45, 2.75) is 13.0 Å². The maximum Gasteiger partial charge on any atom is 0.261 e. The van der Waals surface area contributed by atoms with E-state index in [0.717, 1.165) is 50.7 Å². The molecule has 8 nitrogen and oxygen atoms in total. The molecule has 1 aliphatic heterocycles. The van der Waals surface area contributed by atoms with Gasteiger partial charge in [0, 0.05) is 64.3 Å². The van der Waals surface area contributed by atoms with Gasteiger partial charge in [-0.1, -0.05) is 0 Å². The van der Waals surface area contributed by atoms with Gasteiger partial charge in [0.25, 0.3) is 5.56 Å². The Hall–Kier alpha value is -2.71. The molecule has 0 amide bonds. The van der Waals surface area contributed by atoms with Crippen molar-refractivity contribution in [3.63, 3.8) is 0 Å². The van der Waals surface area contributed by atoms with Crippen molar-refractivity contribution >= 4 is 16.6 Å². The number of aromatic nitrogens is 4. The van der Waals surface area contributed by atoms with Gasteiger partial charge in [-0.3, -0.25) is 14.3 Å². The van der Waals surface area contributed by atoms with Crippen LogP contribution in [0.1, 0.15) is 5.82 Å². The summed E-state index contributed by atoms with van der Waals surface area (Å²) in [7, 11) is 2.03. The fourth-order valence-electron chi connectivity index (χ4n) is 3.74. The molecule has 1 aromatic carbocycles. The van der Waals surface area contributed by atoms with Crippen molar-refractivity contribution < 1.29 is 5.11 Å². The molecular weight excluding hydrogens is 356 g/mol. The van der Waals surface area contributed by atoms with Crippen LogP contribution in [0, 0.1) is 0 Å². The Kier molecular flexibility index (Phi) is 5.40. The summed E-state index contributed by atoms with van der Waals surface area (Å²) in [5.74, 6) is 1.12. The average molecular weight is 382 g/mol. The zero-order valence-corrected chi connectivity index (χ0v) is 16.2. The normalized spacial score (nSPS) is 15.4. The van der Waals surface area contributed by atoms with Gasteiger partial charge < -0.3 is 14.6 Å². The van der Waals surface area contributed by atoms with Crippen LogP contribution >= 0.6 is 0 Å². The van der Waals surface area contributed by atoms with Crippen LogP contribution in [0.25, 0.3) is 10.9 Å². The summed E-state index contributed by atoms with van der Waals surface area (Å²) in [6, 6.07) is 5.84. The highest BCUT2D eigenvalue weighted by Gasteiger charge is 2.18. The lowest BCUT2D eigenvalue weighted by molar-refractivity contribution is 0.259. The highest BCUT2D eigenvalue weighted by atomic mass is 16.3. The van der Waals surface area contributed by atoms with E-state index in [1.165, 1.54) is 10.9 Å². The van der Waals surface area contributed by atoms with Gasteiger partial charge in [-0.15, -0.1) is 0 Å². The Bertz CT molecular complexity index is 1000. The topological polar surface area (TPSA) is 79.4 Å². The number of anilines is 1. The minimum absolute atomic E-state index is 0.0738. The number of hydrogen-bond acceptors (Lipinski definition) is 6. The van der Waals surface area contributed by atoms with Gasteiger partial charge in [-0.2, -0.15) is 0 Å². The monoisotopic (exact) mass is 382 g/mol. The fraction of sp³-hybridized carbons (Fsp3) is 0.450. The lowest BCUT2D eigenvalue weighted by atomic mass is 10.2. The summed E-state index contributed by atoms with van der Waals surface area (Å²) in [6.07, 6.45) is 6.31. The largest absolute Gasteiger partial charge is 0.395 e. The third-order valence-corrected chi connectivity index (χ3v) is 5.46. The van der Waals surface area contributed by atoms with E-state index in [4.69, 9.17) is 5.11 Å². The van der Waals surface area contributed by atoms with Crippen LogP contribution in [0.15, 0.2) is 41.7 Å². The summed E-state index contributed by atoms with van der Waals surface area (Å²) in [6.45, 7) is 5.13. The molecule has 3 aromatic rings. The highest BCUT2D eigenvalue weighted by Crippen LogP contribution is 2.20. The molecule has 0 bridgehead atoms. The highest BCUT2D eigenvalue weighted by molar-refractivity contribution is 5.81. The van der Waals surface area contributed by atoms with E-state index in [9.17, 15) is 4.79 Å². The Morgan fingerprint density at radius 3 is 2.64 bits per heavy atom. The summed E-state index contributed by atoms with van der Waals surface area (Å²) >= 11 is 0. The van der Waals surface area contributed by atoms with E-state index >= 15 is 0 Å². The second-order valence-electron chi connectivity index (χ2n) is 7.20. The van der Waals surface area contributed by atoms with E-state index in [1.807, 2.05) is 37.6 Å². The molecule has 2 aromatic heterocycles. The number of piperazine rings is 1. The summed E-state index contributed by atoms with van der Waals surface area (Å²) in [4.78, 5) is 26.0. The zero-order chi connectivity index (χ0) is 19.5. The maximum absolute atomic E-state index is 12.4. The number of benzene rings is 1. The molecule has 1 fully saturated rings. The van der Waals surface area contributed by atoms with Gasteiger partial charge in [0.15, 0.2) is 0 Å². The van der Waals surface area contributed by atoms with E-state index in [0.29, 0.717) is 10.9 Å². The molecular formula is C20H26N6O2. The first-order valence-corrected chi connectivity index (χ1v) is 9.69. The molecule has 0 unspecified atom stereocenters. The van der Waals surface area contributed by atoms with Crippen molar-refractivity contribution in [3.05, 3.63) is 53.1 Å². The van der Waals surface area contributed by atoms with Gasteiger partial charge in [0.05, 0.1) is 30.4 Å². The second-order valence-corrected chi connectivity index (χ2v) is 7.20. The number of imidazole rings is 1. The van der Waals surface area contributed by atoms with E-state index in [2.05, 4.69) is 24.3 Å². The van der Waals surface area contributed by atoms with Crippen LogP contribution in [-0.4, -0.2) is 68.4 Å². The molecule has 148 valence electrons. The van der Waals surface area contributed by atoms with E-state index < -0.39 is 0 Å². The summed E-state index contributed by atoms with van der Waals surface area (Å²) in [5.41, 5.74) is 1.70. The Morgan fingerprint density at radius 1 is 1.11 bits per heavy atom. The van der Waals surface area contributed by atoms with Crippen molar-refractivity contribution in [1.29, 1.82) is 0 Å². The maximum atomic E-state index is 12.4. The Balaban J connectivity index is 1.40. The smallest absolute Gasteiger partial charge is 0.261 e. The Labute approximate surface area is 163 Å². The molecule has 1 aliphatic rings. The number of fused-ring (bicyclic) bond motifs is 1. The first kappa shape index (κ1) is 18.6. The number of hydrogen-bond donors (Lipinski definition) is 1. The average Bonchev–Trinajstić information content (AvgIpc) is 3.13. The fourth-order valence-corrected chi connectivity index (χ4v) is 3.74. The van der Waals surface area contributed by atoms with Crippen LogP contribution in [0.5, 0.6) is 0 Å². The third kappa shape index (κ3) is 3.79. The molecule has 0 atom stereocenters. The molecule has 3 heterocycles. The molecule has 1 N–H and O–H groups in total. The van der Waals surface area contributed by atoms with E-state index in [-0.39, 0.29) is 18.7 Å². The summed E-state index contributed by atoms with van der Waals surface area (Å²) in [5, 5.41) is 9.65. The molecule has 4 rings (SSSR count). The zero-order valence-electron chi connectivity index (χ0n) is 16.2. The lowest BCUT2D eigenvalue weighted by Crippen LogP contribution is -2.47. The standard InChI is InChI=1S/C20H26N6O2/c1-23-7-5-21-19(23)4-6-24-8-10-25(11-9-24)16-2-3-17-18(14-16)22-15-26(12-13-27)20(17)28/h2-3,5,7,14-15,27H,4,6,8-13H2,1H3. The Morgan fingerprint density at radius 2 is 1.93 bits per heavy atom. The molecule has 0 spiro atoms. The summed E-state index contributed by atoms with van der Waals surface area (Å²) < 4.78 is 3.52. The third-order valence-electron chi connectivity index (χ3n) is 5.46. The predicted octanol–water partition coefficient (Wildman–Crippen LogP) is 0.487. The van der Waals surface area contributed by atoms with Crippen LogP contribution in [0.4, 0.5) is 5.69 Å². The first-order valence-electron chi connectivity index (χ1n) is 9.69. The quantitative estimate of drug-likeness (QED) is 0.668. The minimum Gasteiger partial charge on any atom is -0.395 e. The van der Waals surface area contributed by atoms with Crippen molar-refractivity contribution in [2.24, 2.45) is 7.05 Å². The lowest BCUT2D eigenvalue weighted by Gasteiger charge is -2.36. The number of aryl methyl sites for hydroxylation is 1. The second kappa shape index (κ2) is 8.12. The number of aliphatic hydroxyl groups excluding tert-OH is 1. The molecule has 0 radical (unpaired) electrons. The van der Waals surface area contributed by atoms with Gasteiger partial charge >= 0.3 is 0 Å². The van der Waals surface area contributed by atoms with Gasteiger partial charge in [-0.05, 0) is 18.2 Å². The minimum atomic E-state index is -0.107. The van der Waals surface area contributed by atoms with Gasteiger partial charge in [0.2, 0.25) is 0 Å². The van der Waals surface area contributed by atoms with Crippen LogP contribution in [0.3, 0.4) is 0 Å². The first-order chi connectivity index (χ1) is 13.7. The van der Waals surface area contributed by atoms with Crippen molar-refractivity contribution in [2.75, 3.05) is 44.2 Å². The van der Waals surface area contributed by atoms with Crippen LogP contribution in [0.2, 0.25) is 0 Å². The van der Waals surface area contributed by atoms with Gasteiger partial charge in [-0.25, -0.2) is 9.97 Å². The molecule has 0 saturated carbocycles.